The number of nitrogens with zero attached hydrogens (tertiary/aromatic N) is 7. The number of unbranched alkanes of at least 4 members (excludes halogenated alkanes) is 2. The number of carboxylic acids is 1. The average Bonchev–Trinajstić information content (AvgIpc) is 3.56. The summed E-state index contributed by atoms with van der Waals surface area (Å²) in [5.41, 5.74) is 0.449. The first-order valence-electron chi connectivity index (χ1n) is 13.8. The van der Waals surface area contributed by atoms with Crippen LogP contribution in [0.2, 0.25) is 0 Å². The molecule has 57 heavy (non-hydrogen) atoms. The van der Waals surface area contributed by atoms with Gasteiger partial charge in [-0.15, -0.1) is 23.8 Å². The Balaban J connectivity index is -0.000000813. The molecule has 0 saturated carbocycles. The van der Waals surface area contributed by atoms with Crippen molar-refractivity contribution in [1.82, 2.24) is 34.3 Å². The van der Waals surface area contributed by atoms with Crippen LogP contribution in [-0.4, -0.2) is 70.4 Å². The van der Waals surface area contributed by atoms with Gasteiger partial charge in [0, 0.05) is 43.4 Å². The molecule has 0 aromatic carbocycles. The minimum atomic E-state index is -5.26. The quantitative estimate of drug-likeness (QED) is 0.0535. The van der Waals surface area contributed by atoms with Crippen LogP contribution in [0.4, 0.5) is 0 Å². The Kier molecular flexibility index (Phi) is 45.6. The predicted molar refractivity (Wildman–Crippen MR) is 149 cm³/mol. The molecule has 0 bridgehead atoms. The second-order valence-electron chi connectivity index (χ2n) is 10.7. The number of rotatable bonds is 18. The van der Waals surface area contributed by atoms with E-state index < -0.39 is 76.0 Å². The molecular weight excluding hydrogens is 918 g/mol. The monoisotopic (exact) mass is 945 g/mol. The molecule has 0 aliphatic carbocycles. The molecule has 0 unspecified atom stereocenters. The predicted octanol–water partition coefficient (Wildman–Crippen LogP) is -33.4. The summed E-state index contributed by atoms with van der Waals surface area (Å²) >= 11 is 0. The maximum atomic E-state index is 11.4. The zero-order valence-corrected chi connectivity index (χ0v) is 52.8. The molecule has 0 atom stereocenters. The first-order chi connectivity index (χ1) is 22.5. The van der Waals surface area contributed by atoms with E-state index in [1.54, 1.807) is 0 Å². The first kappa shape index (κ1) is 74.3. The van der Waals surface area contributed by atoms with Gasteiger partial charge < -0.3 is 63.7 Å². The normalized spacial score (nSPS) is 11.1. The van der Waals surface area contributed by atoms with Gasteiger partial charge >= 0.3 is 236 Å². The zero-order valence-electron chi connectivity index (χ0n) is 33.2. The van der Waals surface area contributed by atoms with E-state index in [0.29, 0.717) is 34.6 Å². The van der Waals surface area contributed by atoms with Gasteiger partial charge in [-0.1, -0.05) is 11.8 Å². The van der Waals surface area contributed by atoms with Gasteiger partial charge in [0.05, 0.1) is 38.2 Å². The number of aliphatic carboxylic acids is 1. The van der Waals surface area contributed by atoms with Crippen LogP contribution in [0.15, 0.2) is 36.7 Å². The SMILES string of the molecule is O=C([O-])CCCCC#Cc1cc(-n2ccc(CN(C[P+]([O-])([O-])[O-])C[P+]([O-])([O-])[O-])n2)nc(-n2ccc(CN(C[P+]([O-])([O-])[O-])C[P+]([O-])([O-])O)n2)c1.[Na+].[Na+].[Na+].[Na+].[Na+].[Na+].[Na+].[Na+]. The molecule has 0 saturated heterocycles. The van der Waals surface area contributed by atoms with Crippen LogP contribution in [-0.2, 0) is 17.9 Å². The molecular formula is C24H27N7Na8O14P4. The molecule has 3 rings (SSSR count). The second kappa shape index (κ2) is 35.0. The van der Waals surface area contributed by atoms with E-state index in [1.807, 2.05) is 0 Å². The van der Waals surface area contributed by atoms with Gasteiger partial charge in [-0.3, -0.25) is 4.89 Å². The van der Waals surface area contributed by atoms with Gasteiger partial charge in [0.2, 0.25) is 0 Å². The molecule has 1 N–H and O–H groups in total. The van der Waals surface area contributed by atoms with Crippen molar-refractivity contribution in [3.63, 3.8) is 0 Å². The van der Waals surface area contributed by atoms with Crippen molar-refractivity contribution >= 4 is 37.7 Å². The summed E-state index contributed by atoms with van der Waals surface area (Å²) in [6.07, 6.45) is -1.20. The topological polar surface area (TPSA) is 369 Å². The van der Waals surface area contributed by atoms with E-state index in [4.69, 9.17) is 0 Å². The smallest absolute Gasteiger partial charge is 0.687 e. The van der Waals surface area contributed by atoms with Crippen LogP contribution in [0.25, 0.3) is 11.6 Å². The third-order valence-corrected chi connectivity index (χ3v) is 8.99. The van der Waals surface area contributed by atoms with Gasteiger partial charge in [0.1, 0.15) is 6.29 Å². The fourth-order valence-corrected chi connectivity index (χ4v) is 7.43. The molecule has 0 amide bonds. The van der Waals surface area contributed by atoms with Crippen LogP contribution in [0.3, 0.4) is 0 Å². The van der Waals surface area contributed by atoms with Crippen LogP contribution in [0, 0.1) is 11.8 Å². The summed E-state index contributed by atoms with van der Waals surface area (Å²) in [5.74, 6) is 4.74. The maximum absolute atomic E-state index is 11.4. The molecule has 0 radical (unpaired) electrons. The third-order valence-electron chi connectivity index (χ3n) is 5.99. The Labute approximate surface area is 508 Å². The molecule has 33 heteroatoms. The second-order valence-corrected chi connectivity index (χ2v) is 16.7. The van der Waals surface area contributed by atoms with Crippen LogP contribution in [0.1, 0.15) is 42.6 Å². The van der Waals surface area contributed by atoms with E-state index in [1.165, 1.54) is 46.0 Å². The molecule has 0 spiro atoms. The molecule has 270 valence electrons. The minimum absolute atomic E-state index is 0. The van der Waals surface area contributed by atoms with Crippen molar-refractivity contribution in [2.45, 2.75) is 38.8 Å². The number of carboxylic acid groups (broad SMARTS) is 1. The van der Waals surface area contributed by atoms with E-state index in [9.17, 15) is 68.6 Å². The summed E-state index contributed by atoms with van der Waals surface area (Å²) in [5, 5.41) is 19.1. The minimum Gasteiger partial charge on any atom is -0.687 e. The Morgan fingerprint density at radius 1 is 0.649 bits per heavy atom. The molecule has 3 aromatic rings. The summed E-state index contributed by atoms with van der Waals surface area (Å²) in [6, 6.07) is 5.64. The average molecular weight is 945 g/mol. The van der Waals surface area contributed by atoms with Gasteiger partial charge in [-0.05, 0) is 43.5 Å². The van der Waals surface area contributed by atoms with Crippen molar-refractivity contribution in [3.05, 3.63) is 53.6 Å². The van der Waals surface area contributed by atoms with Gasteiger partial charge in [0.15, 0.2) is 11.6 Å². The van der Waals surface area contributed by atoms with Crippen molar-refractivity contribution < 1.29 is 305 Å². The van der Waals surface area contributed by atoms with E-state index in [-0.39, 0.29) is 266 Å². The van der Waals surface area contributed by atoms with Gasteiger partial charge in [-0.2, -0.15) is 10.2 Å². The van der Waals surface area contributed by atoms with Gasteiger partial charge in [-0.25, -0.2) is 24.1 Å². The van der Waals surface area contributed by atoms with Crippen LogP contribution >= 0.6 is 31.8 Å². The number of aromatic nitrogens is 5. The van der Waals surface area contributed by atoms with Crippen LogP contribution < -0.4 is 295 Å². The Morgan fingerprint density at radius 3 is 1.39 bits per heavy atom. The molecule has 3 aromatic heterocycles. The number of hydrogen-bond donors (Lipinski definition) is 1. The fourth-order valence-electron chi connectivity index (χ4n) is 4.34. The number of hydrogen-bond acceptors (Lipinski definition) is 19. The first-order valence-corrected chi connectivity index (χ1v) is 20.8. The van der Waals surface area contributed by atoms with E-state index in [2.05, 4.69) is 27.0 Å². The standard InChI is InChI=1S/C24H35N7O14P4.8Na/c32-24(33)6-4-2-1-3-5-19-11-22(30-9-7-20(26-30)13-28(15-46(34,35)36)16-47(37,38)39)25-23(12-19)31-10-8-21(27-31)14-29(17-48(40,41)42)18-49(43,44)45;;;;;;;;/h7-12H,1-2,4,6,13-18H2,(H,32,33)(H2,34,35,36)(H2,37,38,39)(H2,40,41,42)(H2,43,44,45);;;;;;;;/q;8*+1/p-8. The van der Waals surface area contributed by atoms with Crippen molar-refractivity contribution in [2.75, 3.05) is 25.1 Å². The zero-order chi connectivity index (χ0) is 36.6. The fraction of sp³-hybridized carbons (Fsp3) is 0.417. The van der Waals surface area contributed by atoms with E-state index >= 15 is 0 Å². The number of carbonyl (C=O) groups excluding carboxylic acids is 1. The largest absolute Gasteiger partial charge is 1.00 e. The molecule has 0 aliphatic rings. The van der Waals surface area contributed by atoms with Crippen molar-refractivity contribution in [2.24, 2.45) is 0 Å². The number of carbonyl (C=O) groups is 1. The Bertz CT molecular complexity index is 1510. The molecule has 0 fully saturated rings. The van der Waals surface area contributed by atoms with Crippen molar-refractivity contribution in [3.8, 4) is 23.5 Å². The van der Waals surface area contributed by atoms with Gasteiger partial charge in [0.25, 0.3) is 0 Å². The number of pyridine rings is 1. The molecule has 0 aliphatic heterocycles. The Morgan fingerprint density at radius 2 is 1.04 bits per heavy atom. The van der Waals surface area contributed by atoms with Crippen molar-refractivity contribution in [1.29, 1.82) is 0 Å². The maximum Gasteiger partial charge on any atom is 1.00 e. The third kappa shape index (κ3) is 33.8. The summed E-state index contributed by atoms with van der Waals surface area (Å²) in [7, 11) is -20.8. The Hall–Kier alpha value is 5.76. The van der Waals surface area contributed by atoms with E-state index in [0.717, 1.165) is 0 Å². The van der Waals surface area contributed by atoms with Crippen LogP contribution in [0.5, 0.6) is 0 Å². The summed E-state index contributed by atoms with van der Waals surface area (Å²) < 4.78 is 2.38. The summed E-state index contributed by atoms with van der Waals surface area (Å²) in [6.45, 7) is -0.998. The molecule has 21 nitrogen and oxygen atoms in total. The summed E-state index contributed by atoms with van der Waals surface area (Å²) in [4.78, 5) is 150. The molecule has 3 heterocycles.